The highest BCUT2D eigenvalue weighted by Crippen LogP contribution is 2.29. The Labute approximate surface area is 102 Å². The predicted molar refractivity (Wildman–Crippen MR) is 63.5 cm³/mol. The van der Waals surface area contributed by atoms with Crippen LogP contribution >= 0.6 is 0 Å². The number of carbonyl (C=O) groups is 2. The summed E-state index contributed by atoms with van der Waals surface area (Å²) in [7, 11) is 0. The minimum atomic E-state index is -1.11. The van der Waals surface area contributed by atoms with Crippen molar-refractivity contribution in [3.63, 3.8) is 0 Å². The maximum absolute atomic E-state index is 11.5. The van der Waals surface area contributed by atoms with Crippen LogP contribution in [0.4, 0.5) is 0 Å². The van der Waals surface area contributed by atoms with Gasteiger partial charge in [0, 0.05) is 12.0 Å². The average molecular weight is 240 g/mol. The Morgan fingerprint density at radius 3 is 2.76 bits per heavy atom. The fourth-order valence-electron chi connectivity index (χ4n) is 2.06. The maximum Gasteiger partial charge on any atom is 0.331 e. The van der Waals surface area contributed by atoms with Gasteiger partial charge in [0.2, 0.25) is 0 Å². The average Bonchev–Trinajstić information content (AvgIpc) is 2.65. The zero-order valence-corrected chi connectivity index (χ0v) is 10.3. The lowest BCUT2D eigenvalue weighted by molar-refractivity contribution is -0.145. The molecule has 1 heterocycles. The smallest absolute Gasteiger partial charge is 0.331 e. The van der Waals surface area contributed by atoms with E-state index in [-0.39, 0.29) is 11.7 Å². The van der Waals surface area contributed by atoms with Crippen molar-refractivity contribution < 1.29 is 19.4 Å². The van der Waals surface area contributed by atoms with Crippen LogP contribution in [-0.4, -0.2) is 23.1 Å². The molecule has 1 aliphatic heterocycles. The third-order valence-corrected chi connectivity index (χ3v) is 3.14. The van der Waals surface area contributed by atoms with Gasteiger partial charge in [-0.1, -0.05) is 32.8 Å². The molecule has 0 aliphatic carbocycles. The number of carboxylic acids is 1. The summed E-state index contributed by atoms with van der Waals surface area (Å²) in [6.45, 7) is 5.57. The van der Waals surface area contributed by atoms with Crippen LogP contribution in [0, 0.1) is 5.92 Å². The van der Waals surface area contributed by atoms with Gasteiger partial charge in [0.1, 0.15) is 6.10 Å². The lowest BCUT2D eigenvalue weighted by Gasteiger charge is -2.07. The van der Waals surface area contributed by atoms with Crippen LogP contribution in [0.1, 0.15) is 45.4 Å². The van der Waals surface area contributed by atoms with E-state index < -0.39 is 17.9 Å². The summed E-state index contributed by atoms with van der Waals surface area (Å²) in [5.41, 5.74) is -0.0499. The summed E-state index contributed by atoms with van der Waals surface area (Å²) in [6, 6.07) is 0. The summed E-state index contributed by atoms with van der Waals surface area (Å²) >= 11 is 0. The summed E-state index contributed by atoms with van der Waals surface area (Å²) in [4.78, 5) is 22.2. The Bertz CT molecular complexity index is 309. The number of ether oxygens (including phenoxy) is 1. The fourth-order valence-corrected chi connectivity index (χ4v) is 2.06. The van der Waals surface area contributed by atoms with E-state index in [0.29, 0.717) is 6.42 Å². The first-order valence-electron chi connectivity index (χ1n) is 6.18. The standard InChI is InChI=1S/C13H20O4/c1-3-4-5-6-7-10-8-11(13(16)17-10)9(2)12(14)15/h10-11H,2-8H2,1H3,(H,14,15)/t10-,11+/m1/s1. The second-order valence-electron chi connectivity index (χ2n) is 4.53. The monoisotopic (exact) mass is 240 g/mol. The molecule has 0 bridgehead atoms. The molecule has 2 atom stereocenters. The summed E-state index contributed by atoms with van der Waals surface area (Å²) in [5.74, 6) is -2.19. The van der Waals surface area contributed by atoms with Gasteiger partial charge in [0.05, 0.1) is 5.92 Å². The van der Waals surface area contributed by atoms with E-state index in [1.54, 1.807) is 0 Å². The number of hydrogen-bond donors (Lipinski definition) is 1. The molecule has 0 amide bonds. The van der Waals surface area contributed by atoms with Crippen molar-refractivity contribution in [1.29, 1.82) is 0 Å². The van der Waals surface area contributed by atoms with Crippen LogP contribution in [0.2, 0.25) is 0 Å². The minimum Gasteiger partial charge on any atom is -0.478 e. The van der Waals surface area contributed by atoms with Crippen molar-refractivity contribution in [3.8, 4) is 0 Å². The molecule has 17 heavy (non-hydrogen) atoms. The van der Waals surface area contributed by atoms with Gasteiger partial charge in [-0.05, 0) is 12.8 Å². The molecule has 0 aromatic carbocycles. The topological polar surface area (TPSA) is 63.6 Å². The molecule has 1 fully saturated rings. The lowest BCUT2D eigenvalue weighted by atomic mass is 9.95. The zero-order valence-electron chi connectivity index (χ0n) is 10.3. The third kappa shape index (κ3) is 3.88. The fraction of sp³-hybridized carbons (Fsp3) is 0.692. The van der Waals surface area contributed by atoms with E-state index in [9.17, 15) is 9.59 Å². The number of cyclic esters (lactones) is 1. The Hall–Kier alpha value is -1.32. The number of carboxylic acid groups (broad SMARTS) is 1. The molecule has 0 aromatic rings. The first-order valence-corrected chi connectivity index (χ1v) is 6.18. The van der Waals surface area contributed by atoms with Crippen LogP contribution < -0.4 is 0 Å². The largest absolute Gasteiger partial charge is 0.478 e. The van der Waals surface area contributed by atoms with Crippen molar-refractivity contribution in [2.24, 2.45) is 5.92 Å². The molecule has 1 aliphatic rings. The predicted octanol–water partition coefficient (Wildman–Crippen LogP) is 2.53. The Kier molecular flexibility index (Phi) is 5.19. The zero-order chi connectivity index (χ0) is 12.8. The summed E-state index contributed by atoms with van der Waals surface area (Å²) in [6.07, 6.45) is 5.69. The lowest BCUT2D eigenvalue weighted by Crippen LogP contribution is -2.15. The summed E-state index contributed by atoms with van der Waals surface area (Å²) in [5, 5.41) is 8.79. The van der Waals surface area contributed by atoms with Crippen molar-refractivity contribution >= 4 is 11.9 Å². The Balaban J connectivity index is 2.36. The molecule has 1 N–H and O–H groups in total. The van der Waals surface area contributed by atoms with Gasteiger partial charge in [-0.3, -0.25) is 4.79 Å². The van der Waals surface area contributed by atoms with E-state index in [2.05, 4.69) is 13.5 Å². The molecule has 1 rings (SSSR count). The van der Waals surface area contributed by atoms with Gasteiger partial charge < -0.3 is 9.84 Å². The third-order valence-electron chi connectivity index (χ3n) is 3.14. The highest BCUT2D eigenvalue weighted by molar-refractivity contribution is 5.94. The van der Waals surface area contributed by atoms with Gasteiger partial charge in [-0.25, -0.2) is 4.79 Å². The second-order valence-corrected chi connectivity index (χ2v) is 4.53. The van der Waals surface area contributed by atoms with Gasteiger partial charge in [-0.2, -0.15) is 0 Å². The van der Waals surface area contributed by atoms with Crippen LogP contribution in [0.25, 0.3) is 0 Å². The maximum atomic E-state index is 11.5. The van der Waals surface area contributed by atoms with Crippen molar-refractivity contribution in [2.45, 2.75) is 51.6 Å². The van der Waals surface area contributed by atoms with Gasteiger partial charge >= 0.3 is 11.9 Å². The highest BCUT2D eigenvalue weighted by atomic mass is 16.6. The molecule has 4 heteroatoms. The number of carbonyl (C=O) groups excluding carboxylic acids is 1. The summed E-state index contributed by atoms with van der Waals surface area (Å²) < 4.78 is 5.16. The van der Waals surface area contributed by atoms with E-state index >= 15 is 0 Å². The van der Waals surface area contributed by atoms with Crippen LogP contribution in [-0.2, 0) is 14.3 Å². The van der Waals surface area contributed by atoms with E-state index in [0.717, 1.165) is 19.3 Å². The van der Waals surface area contributed by atoms with E-state index in [1.165, 1.54) is 12.8 Å². The van der Waals surface area contributed by atoms with Gasteiger partial charge in [-0.15, -0.1) is 0 Å². The van der Waals surface area contributed by atoms with E-state index in [4.69, 9.17) is 9.84 Å². The normalized spacial score (nSPS) is 23.5. The van der Waals surface area contributed by atoms with Crippen LogP contribution in [0.3, 0.4) is 0 Å². The quantitative estimate of drug-likeness (QED) is 0.422. The minimum absolute atomic E-state index is 0.0499. The van der Waals surface area contributed by atoms with Crippen molar-refractivity contribution in [1.82, 2.24) is 0 Å². The number of unbranched alkanes of at least 4 members (excludes halogenated alkanes) is 3. The molecule has 4 nitrogen and oxygen atoms in total. The second kappa shape index (κ2) is 6.42. The molecule has 96 valence electrons. The first-order chi connectivity index (χ1) is 8.06. The molecule has 0 radical (unpaired) electrons. The molecular formula is C13H20O4. The molecule has 1 saturated heterocycles. The van der Waals surface area contributed by atoms with E-state index in [1.807, 2.05) is 0 Å². The molecule has 0 unspecified atom stereocenters. The SMILES string of the molecule is C=C(C(=O)O)[C@@H]1C[C@@H](CCCCCC)OC1=O. The number of aliphatic carboxylic acids is 1. The molecule has 0 aromatic heterocycles. The van der Waals surface area contributed by atoms with Crippen LogP contribution in [0.5, 0.6) is 0 Å². The molecule has 0 saturated carbocycles. The Morgan fingerprint density at radius 2 is 2.18 bits per heavy atom. The number of hydrogen-bond acceptors (Lipinski definition) is 3. The van der Waals surface area contributed by atoms with Crippen molar-refractivity contribution in [3.05, 3.63) is 12.2 Å². The number of esters is 1. The molecular weight excluding hydrogens is 220 g/mol. The van der Waals surface area contributed by atoms with Gasteiger partial charge in [0.15, 0.2) is 0 Å². The first kappa shape index (κ1) is 13.7. The number of rotatable bonds is 7. The molecule has 0 spiro atoms. The van der Waals surface area contributed by atoms with Crippen molar-refractivity contribution in [2.75, 3.05) is 0 Å². The van der Waals surface area contributed by atoms with Crippen LogP contribution in [0.15, 0.2) is 12.2 Å². The Morgan fingerprint density at radius 1 is 1.47 bits per heavy atom. The van der Waals surface area contributed by atoms with Gasteiger partial charge in [0.25, 0.3) is 0 Å². The highest BCUT2D eigenvalue weighted by Gasteiger charge is 2.37.